The summed E-state index contributed by atoms with van der Waals surface area (Å²) in [6, 6.07) is -0.292. The molecule has 0 aliphatic carbocycles. The first-order chi connectivity index (χ1) is 8.13. The van der Waals surface area contributed by atoms with Crippen LogP contribution >= 0.6 is 0 Å². The van der Waals surface area contributed by atoms with E-state index in [-0.39, 0.29) is 17.5 Å². The first kappa shape index (κ1) is 17.4. The molecule has 0 radical (unpaired) electrons. The van der Waals surface area contributed by atoms with Crippen LogP contribution in [-0.2, 0) is 4.79 Å². The maximum atomic E-state index is 11.9. The lowest BCUT2D eigenvalue weighted by atomic mass is 10.00. The first-order valence-electron chi connectivity index (χ1n) is 6.91. The predicted octanol–water partition coefficient (Wildman–Crippen LogP) is 1.82. The molecule has 0 aliphatic heterocycles. The van der Waals surface area contributed by atoms with E-state index in [1.807, 2.05) is 34.6 Å². The summed E-state index contributed by atoms with van der Waals surface area (Å²) >= 11 is 0. The molecule has 0 saturated carbocycles. The fraction of sp³-hybridized carbons (Fsp3) is 0.929. The Hall–Kier alpha value is -0.610. The molecule has 108 valence electrons. The van der Waals surface area contributed by atoms with Crippen LogP contribution in [0.2, 0.25) is 0 Å². The Labute approximate surface area is 112 Å². The summed E-state index contributed by atoms with van der Waals surface area (Å²) in [6.07, 6.45) is 2.55. The highest BCUT2D eigenvalue weighted by Crippen LogP contribution is 2.11. The molecule has 3 N–H and O–H groups in total. The fourth-order valence-corrected chi connectivity index (χ4v) is 1.62. The highest BCUT2D eigenvalue weighted by Gasteiger charge is 2.24. The second kappa shape index (κ2) is 7.10. The van der Waals surface area contributed by atoms with Crippen LogP contribution in [0.1, 0.15) is 60.8 Å². The van der Waals surface area contributed by atoms with Crippen LogP contribution in [0, 0.1) is 0 Å². The topological polar surface area (TPSA) is 61.4 Å². The number of carbonyl (C=O) groups excluding carboxylic acids is 1. The zero-order chi connectivity index (χ0) is 14.4. The van der Waals surface area contributed by atoms with Gasteiger partial charge in [0.15, 0.2) is 0 Å². The van der Waals surface area contributed by atoms with Crippen LogP contribution in [0.15, 0.2) is 0 Å². The lowest BCUT2D eigenvalue weighted by molar-refractivity contribution is -0.124. The molecular weight excluding hydrogens is 228 g/mol. The van der Waals surface area contributed by atoms with E-state index in [2.05, 4.69) is 10.6 Å². The fourth-order valence-electron chi connectivity index (χ4n) is 1.62. The molecule has 0 aromatic rings. The van der Waals surface area contributed by atoms with Gasteiger partial charge >= 0.3 is 0 Å². The SMILES string of the molecule is CCCC(C)(O)CNC(C)C(=O)NC(C)(C)CC. The Bertz CT molecular complexity index is 263. The van der Waals surface area contributed by atoms with Gasteiger partial charge in [0.1, 0.15) is 0 Å². The van der Waals surface area contributed by atoms with Crippen LogP contribution in [0.4, 0.5) is 0 Å². The van der Waals surface area contributed by atoms with E-state index in [9.17, 15) is 9.90 Å². The molecule has 2 atom stereocenters. The summed E-state index contributed by atoms with van der Waals surface area (Å²) in [5, 5.41) is 16.1. The maximum Gasteiger partial charge on any atom is 0.237 e. The van der Waals surface area contributed by atoms with Crippen molar-refractivity contribution in [3.05, 3.63) is 0 Å². The van der Waals surface area contributed by atoms with Gasteiger partial charge in [0.05, 0.1) is 11.6 Å². The molecule has 1 amide bonds. The molecule has 0 aromatic carbocycles. The Morgan fingerprint density at radius 1 is 1.28 bits per heavy atom. The lowest BCUT2D eigenvalue weighted by Gasteiger charge is -2.29. The highest BCUT2D eigenvalue weighted by molar-refractivity contribution is 5.81. The van der Waals surface area contributed by atoms with Crippen molar-refractivity contribution in [1.82, 2.24) is 10.6 Å². The minimum atomic E-state index is -0.746. The maximum absolute atomic E-state index is 11.9. The number of carbonyl (C=O) groups is 1. The standard InChI is InChI=1S/C14H30N2O2/c1-7-9-14(6,18)10-15-11(3)12(17)16-13(4,5)8-2/h11,15,18H,7-10H2,1-6H3,(H,16,17). The Balaban J connectivity index is 4.17. The van der Waals surface area contributed by atoms with Crippen molar-refractivity contribution in [2.75, 3.05) is 6.54 Å². The second-order valence-corrected chi connectivity index (χ2v) is 6.08. The van der Waals surface area contributed by atoms with Gasteiger partial charge < -0.3 is 15.7 Å². The average Bonchev–Trinajstić information content (AvgIpc) is 2.25. The van der Waals surface area contributed by atoms with Gasteiger partial charge in [-0.1, -0.05) is 20.3 Å². The Morgan fingerprint density at radius 3 is 2.28 bits per heavy atom. The number of amides is 1. The van der Waals surface area contributed by atoms with Crippen LogP contribution in [0.3, 0.4) is 0 Å². The number of aliphatic hydroxyl groups is 1. The van der Waals surface area contributed by atoms with Crippen molar-refractivity contribution in [3.63, 3.8) is 0 Å². The zero-order valence-corrected chi connectivity index (χ0v) is 12.8. The summed E-state index contributed by atoms with van der Waals surface area (Å²) in [5.41, 5.74) is -0.928. The highest BCUT2D eigenvalue weighted by atomic mass is 16.3. The third kappa shape index (κ3) is 6.97. The van der Waals surface area contributed by atoms with E-state index in [0.29, 0.717) is 6.54 Å². The largest absolute Gasteiger partial charge is 0.389 e. The van der Waals surface area contributed by atoms with Crippen LogP contribution in [-0.4, -0.2) is 34.7 Å². The molecule has 18 heavy (non-hydrogen) atoms. The van der Waals surface area contributed by atoms with Crippen molar-refractivity contribution >= 4 is 5.91 Å². The Morgan fingerprint density at radius 2 is 1.83 bits per heavy atom. The lowest BCUT2D eigenvalue weighted by Crippen LogP contribution is -2.53. The van der Waals surface area contributed by atoms with Gasteiger partial charge in [-0.15, -0.1) is 0 Å². The van der Waals surface area contributed by atoms with E-state index in [1.165, 1.54) is 0 Å². The van der Waals surface area contributed by atoms with Crippen LogP contribution < -0.4 is 10.6 Å². The molecule has 4 heteroatoms. The van der Waals surface area contributed by atoms with Gasteiger partial charge in [-0.3, -0.25) is 4.79 Å². The van der Waals surface area contributed by atoms with E-state index >= 15 is 0 Å². The summed E-state index contributed by atoms with van der Waals surface area (Å²) in [5.74, 6) is -0.0193. The minimum absolute atomic E-state index is 0.0193. The number of nitrogens with one attached hydrogen (secondary N) is 2. The average molecular weight is 258 g/mol. The van der Waals surface area contributed by atoms with Gasteiger partial charge in [-0.25, -0.2) is 0 Å². The molecule has 4 nitrogen and oxygen atoms in total. The van der Waals surface area contributed by atoms with Crippen molar-refractivity contribution in [3.8, 4) is 0 Å². The predicted molar refractivity (Wildman–Crippen MR) is 75.5 cm³/mol. The smallest absolute Gasteiger partial charge is 0.237 e. The van der Waals surface area contributed by atoms with E-state index < -0.39 is 5.60 Å². The van der Waals surface area contributed by atoms with E-state index in [1.54, 1.807) is 6.92 Å². The zero-order valence-electron chi connectivity index (χ0n) is 12.8. The molecule has 0 fully saturated rings. The second-order valence-electron chi connectivity index (χ2n) is 6.08. The first-order valence-corrected chi connectivity index (χ1v) is 6.91. The van der Waals surface area contributed by atoms with E-state index in [4.69, 9.17) is 0 Å². The molecule has 0 aromatic heterocycles. The van der Waals surface area contributed by atoms with Crippen molar-refractivity contribution < 1.29 is 9.90 Å². The number of rotatable bonds is 8. The van der Waals surface area contributed by atoms with Crippen LogP contribution in [0.25, 0.3) is 0 Å². The summed E-state index contributed by atoms with van der Waals surface area (Å²) in [7, 11) is 0. The van der Waals surface area contributed by atoms with Crippen molar-refractivity contribution in [2.24, 2.45) is 0 Å². The van der Waals surface area contributed by atoms with Gasteiger partial charge in [0.25, 0.3) is 0 Å². The molecule has 0 aliphatic rings. The molecule has 2 unspecified atom stereocenters. The van der Waals surface area contributed by atoms with Crippen LogP contribution in [0.5, 0.6) is 0 Å². The third-order valence-electron chi connectivity index (χ3n) is 3.32. The summed E-state index contributed by atoms with van der Waals surface area (Å²) in [4.78, 5) is 11.9. The third-order valence-corrected chi connectivity index (χ3v) is 3.32. The summed E-state index contributed by atoms with van der Waals surface area (Å²) < 4.78 is 0. The molecule has 0 heterocycles. The molecule has 0 rings (SSSR count). The quantitative estimate of drug-likeness (QED) is 0.622. The van der Waals surface area contributed by atoms with Crippen molar-refractivity contribution in [1.29, 1.82) is 0 Å². The molecule has 0 spiro atoms. The number of hydrogen-bond donors (Lipinski definition) is 3. The molecule has 0 bridgehead atoms. The van der Waals surface area contributed by atoms with Gasteiger partial charge in [0.2, 0.25) is 5.91 Å². The van der Waals surface area contributed by atoms with Gasteiger partial charge in [-0.05, 0) is 40.5 Å². The van der Waals surface area contributed by atoms with E-state index in [0.717, 1.165) is 19.3 Å². The minimum Gasteiger partial charge on any atom is -0.389 e. The Kier molecular flexibility index (Phi) is 6.86. The summed E-state index contributed by atoms with van der Waals surface area (Å²) in [6.45, 7) is 12.1. The normalized spacial score (nSPS) is 17.1. The molecule has 0 saturated heterocycles. The molecular formula is C14H30N2O2. The monoisotopic (exact) mass is 258 g/mol. The van der Waals surface area contributed by atoms with Crippen molar-refractivity contribution in [2.45, 2.75) is 78.0 Å². The van der Waals surface area contributed by atoms with Gasteiger partial charge in [0, 0.05) is 12.1 Å². The van der Waals surface area contributed by atoms with Gasteiger partial charge in [-0.2, -0.15) is 0 Å². The number of hydrogen-bond acceptors (Lipinski definition) is 3.